The number of hydrogen-bond acceptors (Lipinski definition) is 3. The van der Waals surface area contributed by atoms with Crippen molar-refractivity contribution in [2.24, 2.45) is 0 Å². The Hall–Kier alpha value is -0.990. The van der Waals surface area contributed by atoms with Crippen molar-refractivity contribution in [3.8, 4) is 0 Å². The second kappa shape index (κ2) is 4.77. The third kappa shape index (κ3) is 3.07. The highest BCUT2D eigenvalue weighted by molar-refractivity contribution is 5.26. The zero-order valence-electron chi connectivity index (χ0n) is 6.84. The van der Waals surface area contributed by atoms with E-state index in [2.05, 4.69) is 17.4 Å². The van der Waals surface area contributed by atoms with Gasteiger partial charge in [0.2, 0.25) is 5.88 Å². The third-order valence-corrected chi connectivity index (χ3v) is 1.52. The maximum atomic E-state index is 4.85. The van der Waals surface area contributed by atoms with Crippen LogP contribution in [0.15, 0.2) is 16.8 Å². The Labute approximate surface area is 66.8 Å². The van der Waals surface area contributed by atoms with E-state index in [9.17, 15) is 0 Å². The Morgan fingerprint density at radius 3 is 3.09 bits per heavy atom. The molecule has 11 heavy (non-hydrogen) atoms. The number of nitrogens with one attached hydrogen (secondary N) is 1. The predicted octanol–water partition coefficient (Wildman–Crippen LogP) is 2.28. The van der Waals surface area contributed by atoms with Gasteiger partial charge in [-0.15, -0.1) is 0 Å². The van der Waals surface area contributed by atoms with Crippen molar-refractivity contribution in [2.75, 3.05) is 11.9 Å². The monoisotopic (exact) mass is 154 g/mol. The number of hydrogen-bond donors (Lipinski definition) is 1. The van der Waals surface area contributed by atoms with Gasteiger partial charge in [-0.2, -0.15) is 0 Å². The van der Waals surface area contributed by atoms with E-state index in [-0.39, 0.29) is 0 Å². The number of unbranched alkanes of at least 4 members (excludes halogenated alkanes) is 2. The van der Waals surface area contributed by atoms with Gasteiger partial charge in [-0.1, -0.05) is 24.9 Å². The quantitative estimate of drug-likeness (QED) is 0.661. The van der Waals surface area contributed by atoms with Gasteiger partial charge in [0.15, 0.2) is 0 Å². The first kappa shape index (κ1) is 8.11. The summed E-state index contributed by atoms with van der Waals surface area (Å²) in [6, 6.07) is 1.83. The fourth-order valence-electron chi connectivity index (χ4n) is 0.894. The summed E-state index contributed by atoms with van der Waals surface area (Å²) in [5.74, 6) is 0.765. The summed E-state index contributed by atoms with van der Waals surface area (Å²) in [7, 11) is 0. The fourth-order valence-corrected chi connectivity index (χ4v) is 0.894. The zero-order chi connectivity index (χ0) is 7.94. The van der Waals surface area contributed by atoms with Gasteiger partial charge in [0.25, 0.3) is 0 Å². The van der Waals surface area contributed by atoms with E-state index in [1.807, 2.05) is 6.07 Å². The standard InChI is InChI=1S/C8H14N2O/c1-2-3-4-6-9-8-5-7-10-11-8/h5,7,9H,2-4,6H2,1H3. The Balaban J connectivity index is 2.04. The van der Waals surface area contributed by atoms with E-state index in [4.69, 9.17) is 4.52 Å². The van der Waals surface area contributed by atoms with Crippen molar-refractivity contribution in [1.29, 1.82) is 0 Å². The van der Waals surface area contributed by atoms with Gasteiger partial charge in [0.05, 0.1) is 6.20 Å². The Morgan fingerprint density at radius 2 is 2.45 bits per heavy atom. The first-order valence-corrected chi connectivity index (χ1v) is 4.08. The maximum Gasteiger partial charge on any atom is 0.224 e. The van der Waals surface area contributed by atoms with Gasteiger partial charge < -0.3 is 9.84 Å². The van der Waals surface area contributed by atoms with Crippen LogP contribution in [0.2, 0.25) is 0 Å². The summed E-state index contributed by atoms with van der Waals surface area (Å²) in [5.41, 5.74) is 0. The summed E-state index contributed by atoms with van der Waals surface area (Å²) < 4.78 is 4.85. The van der Waals surface area contributed by atoms with E-state index >= 15 is 0 Å². The molecule has 0 radical (unpaired) electrons. The number of aromatic nitrogens is 1. The van der Waals surface area contributed by atoms with Crippen LogP contribution in [0, 0.1) is 0 Å². The van der Waals surface area contributed by atoms with Crippen molar-refractivity contribution >= 4 is 5.88 Å². The molecule has 0 aliphatic heterocycles. The molecule has 0 aliphatic carbocycles. The molecule has 0 saturated heterocycles. The van der Waals surface area contributed by atoms with Gasteiger partial charge in [-0.25, -0.2) is 0 Å². The largest absolute Gasteiger partial charge is 0.354 e. The minimum absolute atomic E-state index is 0.765. The molecule has 0 amide bonds. The molecular formula is C8H14N2O. The molecular weight excluding hydrogens is 140 g/mol. The van der Waals surface area contributed by atoms with Gasteiger partial charge in [0, 0.05) is 12.6 Å². The molecule has 3 heteroatoms. The third-order valence-electron chi connectivity index (χ3n) is 1.52. The van der Waals surface area contributed by atoms with Crippen LogP contribution in [0.25, 0.3) is 0 Å². The lowest BCUT2D eigenvalue weighted by atomic mass is 10.2. The van der Waals surface area contributed by atoms with Crippen LogP contribution in [0.1, 0.15) is 26.2 Å². The SMILES string of the molecule is CCCCCNc1ccno1. The van der Waals surface area contributed by atoms with Crippen molar-refractivity contribution in [2.45, 2.75) is 26.2 Å². The van der Waals surface area contributed by atoms with Crippen LogP contribution in [0.3, 0.4) is 0 Å². The number of rotatable bonds is 5. The molecule has 0 saturated carbocycles. The second-order valence-electron chi connectivity index (χ2n) is 2.51. The van der Waals surface area contributed by atoms with E-state index in [0.29, 0.717) is 0 Å². The van der Waals surface area contributed by atoms with Crippen molar-refractivity contribution in [3.05, 3.63) is 12.3 Å². The first-order chi connectivity index (χ1) is 5.43. The molecule has 1 N–H and O–H groups in total. The van der Waals surface area contributed by atoms with Crippen LogP contribution >= 0.6 is 0 Å². The molecule has 0 unspecified atom stereocenters. The summed E-state index contributed by atoms with van der Waals surface area (Å²) in [6.45, 7) is 3.16. The topological polar surface area (TPSA) is 38.1 Å². The first-order valence-electron chi connectivity index (χ1n) is 4.08. The van der Waals surface area contributed by atoms with Crippen molar-refractivity contribution in [1.82, 2.24) is 5.16 Å². The molecule has 0 atom stereocenters. The molecule has 0 fully saturated rings. The lowest BCUT2D eigenvalue weighted by Crippen LogP contribution is -1.99. The van der Waals surface area contributed by atoms with Gasteiger partial charge in [-0.3, -0.25) is 0 Å². The Kier molecular flexibility index (Phi) is 3.52. The highest BCUT2D eigenvalue weighted by atomic mass is 16.5. The highest BCUT2D eigenvalue weighted by Gasteiger charge is 1.92. The molecule has 0 bridgehead atoms. The minimum Gasteiger partial charge on any atom is -0.354 e. The molecule has 0 aliphatic rings. The predicted molar refractivity (Wildman–Crippen MR) is 44.5 cm³/mol. The van der Waals surface area contributed by atoms with Crippen molar-refractivity contribution < 1.29 is 4.52 Å². The molecule has 62 valence electrons. The highest BCUT2D eigenvalue weighted by Crippen LogP contribution is 2.03. The normalized spacial score (nSPS) is 9.91. The van der Waals surface area contributed by atoms with E-state index in [0.717, 1.165) is 12.4 Å². The number of nitrogens with zero attached hydrogens (tertiary/aromatic N) is 1. The molecule has 1 heterocycles. The molecule has 1 aromatic heterocycles. The van der Waals surface area contributed by atoms with Gasteiger partial charge >= 0.3 is 0 Å². The summed E-state index contributed by atoms with van der Waals surface area (Å²) in [5, 5.41) is 6.71. The number of anilines is 1. The van der Waals surface area contributed by atoms with Crippen LogP contribution in [-0.2, 0) is 0 Å². The lowest BCUT2D eigenvalue weighted by molar-refractivity contribution is 0.431. The maximum absolute atomic E-state index is 4.85. The van der Waals surface area contributed by atoms with Gasteiger partial charge in [0.1, 0.15) is 0 Å². The fraction of sp³-hybridized carbons (Fsp3) is 0.625. The van der Waals surface area contributed by atoms with Gasteiger partial charge in [-0.05, 0) is 6.42 Å². The van der Waals surface area contributed by atoms with E-state index in [1.165, 1.54) is 19.3 Å². The smallest absolute Gasteiger partial charge is 0.224 e. The Morgan fingerprint density at radius 1 is 1.55 bits per heavy atom. The average Bonchev–Trinajstić information content (AvgIpc) is 2.50. The molecule has 1 rings (SSSR count). The average molecular weight is 154 g/mol. The molecule has 0 aromatic carbocycles. The summed E-state index contributed by atoms with van der Waals surface area (Å²) in [6.07, 6.45) is 5.35. The van der Waals surface area contributed by atoms with E-state index < -0.39 is 0 Å². The lowest BCUT2D eigenvalue weighted by Gasteiger charge is -1.98. The van der Waals surface area contributed by atoms with Crippen LogP contribution in [0.4, 0.5) is 5.88 Å². The molecule has 3 nitrogen and oxygen atoms in total. The van der Waals surface area contributed by atoms with Crippen LogP contribution in [-0.4, -0.2) is 11.7 Å². The minimum atomic E-state index is 0.765. The molecule has 0 spiro atoms. The van der Waals surface area contributed by atoms with Crippen LogP contribution < -0.4 is 5.32 Å². The zero-order valence-corrected chi connectivity index (χ0v) is 6.84. The second-order valence-corrected chi connectivity index (χ2v) is 2.51. The Bertz CT molecular complexity index is 172. The summed E-state index contributed by atoms with van der Waals surface area (Å²) >= 11 is 0. The van der Waals surface area contributed by atoms with Crippen molar-refractivity contribution in [3.63, 3.8) is 0 Å². The summed E-state index contributed by atoms with van der Waals surface area (Å²) in [4.78, 5) is 0. The van der Waals surface area contributed by atoms with E-state index in [1.54, 1.807) is 6.20 Å². The van der Waals surface area contributed by atoms with Crippen LogP contribution in [0.5, 0.6) is 0 Å². The molecule has 1 aromatic rings.